The fourth-order valence-electron chi connectivity index (χ4n) is 2.67. The van der Waals surface area contributed by atoms with Crippen LogP contribution in [0.1, 0.15) is 41.2 Å². The van der Waals surface area contributed by atoms with E-state index in [0.29, 0.717) is 0 Å². The SMILES string of the molecule is CCNC(Cc1cc(C)nn1C)c1ncc(C)cc1C. The minimum Gasteiger partial charge on any atom is -0.309 e. The smallest absolute Gasteiger partial charge is 0.0606 e. The maximum Gasteiger partial charge on any atom is 0.0606 e. The highest BCUT2D eigenvalue weighted by atomic mass is 15.3. The molecule has 0 saturated heterocycles. The molecule has 2 heterocycles. The molecule has 0 aliphatic rings. The Hall–Kier alpha value is -1.68. The Bertz CT molecular complexity index is 586. The first-order chi connectivity index (χ1) is 9.51. The second-order valence-electron chi connectivity index (χ2n) is 5.43. The Morgan fingerprint density at radius 3 is 2.55 bits per heavy atom. The fourth-order valence-corrected chi connectivity index (χ4v) is 2.67. The van der Waals surface area contributed by atoms with Gasteiger partial charge in [0.2, 0.25) is 0 Å². The van der Waals surface area contributed by atoms with E-state index in [4.69, 9.17) is 0 Å². The lowest BCUT2D eigenvalue weighted by atomic mass is 10.0. The van der Waals surface area contributed by atoms with Gasteiger partial charge in [-0.05, 0) is 44.5 Å². The van der Waals surface area contributed by atoms with Gasteiger partial charge in [0.25, 0.3) is 0 Å². The zero-order chi connectivity index (χ0) is 14.7. The molecule has 0 saturated carbocycles. The monoisotopic (exact) mass is 272 g/mol. The third-order valence-corrected chi connectivity index (χ3v) is 3.55. The van der Waals surface area contributed by atoms with Crippen LogP contribution < -0.4 is 5.32 Å². The lowest BCUT2D eigenvalue weighted by molar-refractivity contribution is 0.515. The van der Waals surface area contributed by atoms with Crippen molar-refractivity contribution in [1.29, 1.82) is 0 Å². The number of hydrogen-bond acceptors (Lipinski definition) is 3. The Balaban J connectivity index is 2.29. The van der Waals surface area contributed by atoms with Crippen molar-refractivity contribution in [1.82, 2.24) is 20.1 Å². The molecule has 1 atom stereocenters. The molecule has 0 fully saturated rings. The first-order valence-corrected chi connectivity index (χ1v) is 7.17. The summed E-state index contributed by atoms with van der Waals surface area (Å²) < 4.78 is 1.96. The summed E-state index contributed by atoms with van der Waals surface area (Å²) in [6, 6.07) is 4.57. The molecule has 108 valence electrons. The van der Waals surface area contributed by atoms with Crippen molar-refractivity contribution in [2.75, 3.05) is 6.54 Å². The first-order valence-electron chi connectivity index (χ1n) is 7.17. The van der Waals surface area contributed by atoms with Crippen molar-refractivity contribution in [3.63, 3.8) is 0 Å². The predicted molar refractivity (Wildman–Crippen MR) is 81.8 cm³/mol. The summed E-state index contributed by atoms with van der Waals surface area (Å²) in [7, 11) is 2.00. The number of aromatic nitrogens is 3. The maximum absolute atomic E-state index is 4.64. The molecule has 1 N–H and O–H groups in total. The van der Waals surface area contributed by atoms with Crippen LogP contribution in [0.2, 0.25) is 0 Å². The van der Waals surface area contributed by atoms with E-state index in [1.807, 2.05) is 24.9 Å². The van der Waals surface area contributed by atoms with E-state index in [0.717, 1.165) is 24.4 Å². The lowest BCUT2D eigenvalue weighted by Gasteiger charge is -2.19. The van der Waals surface area contributed by atoms with Crippen LogP contribution in [0.25, 0.3) is 0 Å². The normalized spacial score (nSPS) is 12.7. The van der Waals surface area contributed by atoms with Gasteiger partial charge < -0.3 is 5.32 Å². The van der Waals surface area contributed by atoms with Gasteiger partial charge >= 0.3 is 0 Å². The molecule has 2 aromatic rings. The molecule has 2 rings (SSSR count). The van der Waals surface area contributed by atoms with Gasteiger partial charge in [0.1, 0.15) is 0 Å². The van der Waals surface area contributed by atoms with Crippen LogP contribution in [-0.2, 0) is 13.5 Å². The van der Waals surface area contributed by atoms with Crippen LogP contribution in [0, 0.1) is 20.8 Å². The van der Waals surface area contributed by atoms with Crippen molar-refractivity contribution in [3.8, 4) is 0 Å². The molecule has 0 aliphatic carbocycles. The Labute approximate surface area is 121 Å². The number of pyridine rings is 1. The van der Waals surface area contributed by atoms with E-state index in [2.05, 4.69) is 48.3 Å². The number of likely N-dealkylation sites (N-methyl/N-ethyl adjacent to an activating group) is 1. The Kier molecular flexibility index (Phi) is 4.55. The Morgan fingerprint density at radius 1 is 1.25 bits per heavy atom. The third kappa shape index (κ3) is 3.25. The zero-order valence-corrected chi connectivity index (χ0v) is 13.1. The van der Waals surface area contributed by atoms with E-state index in [9.17, 15) is 0 Å². The Morgan fingerprint density at radius 2 is 2.00 bits per heavy atom. The number of aryl methyl sites for hydroxylation is 4. The quantitative estimate of drug-likeness (QED) is 0.910. The molecule has 20 heavy (non-hydrogen) atoms. The number of rotatable bonds is 5. The van der Waals surface area contributed by atoms with Crippen LogP contribution in [0.3, 0.4) is 0 Å². The van der Waals surface area contributed by atoms with Crippen LogP contribution >= 0.6 is 0 Å². The van der Waals surface area contributed by atoms with Gasteiger partial charge in [-0.25, -0.2) is 0 Å². The van der Waals surface area contributed by atoms with Crippen molar-refractivity contribution >= 4 is 0 Å². The summed E-state index contributed by atoms with van der Waals surface area (Å²) in [5, 5.41) is 7.96. The summed E-state index contributed by atoms with van der Waals surface area (Å²) >= 11 is 0. The number of hydrogen-bond donors (Lipinski definition) is 1. The summed E-state index contributed by atoms with van der Waals surface area (Å²) in [6.45, 7) is 9.30. The minimum absolute atomic E-state index is 0.232. The van der Waals surface area contributed by atoms with Crippen LogP contribution in [0.15, 0.2) is 18.3 Å². The van der Waals surface area contributed by atoms with Gasteiger partial charge in [0, 0.05) is 25.4 Å². The highest BCUT2D eigenvalue weighted by Crippen LogP contribution is 2.20. The average Bonchev–Trinajstić information content (AvgIpc) is 2.67. The average molecular weight is 272 g/mol. The molecular formula is C16H24N4. The molecule has 0 amide bonds. The lowest BCUT2D eigenvalue weighted by Crippen LogP contribution is -2.25. The number of nitrogens with zero attached hydrogens (tertiary/aromatic N) is 3. The van der Waals surface area contributed by atoms with Gasteiger partial charge in [-0.15, -0.1) is 0 Å². The summed E-state index contributed by atoms with van der Waals surface area (Å²) in [6.07, 6.45) is 2.85. The first kappa shape index (κ1) is 14.7. The summed E-state index contributed by atoms with van der Waals surface area (Å²) in [5.41, 5.74) is 5.88. The van der Waals surface area contributed by atoms with E-state index in [1.54, 1.807) is 0 Å². The second-order valence-corrected chi connectivity index (χ2v) is 5.43. The molecule has 2 aromatic heterocycles. The predicted octanol–water partition coefficient (Wildman–Crippen LogP) is 2.63. The van der Waals surface area contributed by atoms with Gasteiger partial charge in [-0.3, -0.25) is 9.67 Å². The molecule has 0 radical (unpaired) electrons. The van der Waals surface area contributed by atoms with Crippen LogP contribution in [-0.4, -0.2) is 21.3 Å². The number of nitrogens with one attached hydrogen (secondary N) is 1. The molecule has 1 unspecified atom stereocenters. The van der Waals surface area contributed by atoms with E-state index in [1.165, 1.54) is 16.8 Å². The van der Waals surface area contributed by atoms with Gasteiger partial charge in [-0.1, -0.05) is 13.0 Å². The minimum atomic E-state index is 0.232. The third-order valence-electron chi connectivity index (χ3n) is 3.55. The van der Waals surface area contributed by atoms with Crippen molar-refractivity contribution in [2.24, 2.45) is 7.05 Å². The van der Waals surface area contributed by atoms with E-state index >= 15 is 0 Å². The topological polar surface area (TPSA) is 42.7 Å². The molecule has 0 aromatic carbocycles. The van der Waals surface area contributed by atoms with Gasteiger partial charge in [0.05, 0.1) is 17.4 Å². The van der Waals surface area contributed by atoms with E-state index < -0.39 is 0 Å². The highest BCUT2D eigenvalue weighted by Gasteiger charge is 2.17. The van der Waals surface area contributed by atoms with E-state index in [-0.39, 0.29) is 6.04 Å². The largest absolute Gasteiger partial charge is 0.309 e. The standard InChI is InChI=1S/C16H24N4/c1-6-17-15(9-14-8-13(4)19-20(14)5)16-12(3)7-11(2)10-18-16/h7-8,10,15,17H,6,9H2,1-5H3. The van der Waals surface area contributed by atoms with Crippen molar-refractivity contribution < 1.29 is 0 Å². The van der Waals surface area contributed by atoms with Crippen molar-refractivity contribution in [3.05, 3.63) is 46.5 Å². The molecule has 0 bridgehead atoms. The molecular weight excluding hydrogens is 248 g/mol. The fraction of sp³-hybridized carbons (Fsp3) is 0.500. The zero-order valence-electron chi connectivity index (χ0n) is 13.1. The second kappa shape index (κ2) is 6.18. The molecule has 0 spiro atoms. The molecule has 0 aliphatic heterocycles. The summed E-state index contributed by atoms with van der Waals surface area (Å²) in [4.78, 5) is 4.64. The van der Waals surface area contributed by atoms with Gasteiger partial charge in [-0.2, -0.15) is 5.10 Å². The van der Waals surface area contributed by atoms with Crippen molar-refractivity contribution in [2.45, 2.75) is 40.2 Å². The van der Waals surface area contributed by atoms with Crippen LogP contribution in [0.5, 0.6) is 0 Å². The highest BCUT2D eigenvalue weighted by molar-refractivity contribution is 5.27. The maximum atomic E-state index is 4.64. The van der Waals surface area contributed by atoms with Crippen LogP contribution in [0.4, 0.5) is 0 Å². The summed E-state index contributed by atoms with van der Waals surface area (Å²) in [5.74, 6) is 0. The molecule has 4 nitrogen and oxygen atoms in total. The molecule has 4 heteroatoms. The van der Waals surface area contributed by atoms with Gasteiger partial charge in [0.15, 0.2) is 0 Å².